The van der Waals surface area contributed by atoms with Crippen LogP contribution in [0.15, 0.2) is 24.3 Å². The van der Waals surface area contributed by atoms with Crippen LogP contribution >= 0.6 is 0 Å². The van der Waals surface area contributed by atoms with Crippen molar-refractivity contribution in [1.82, 2.24) is 5.32 Å². The van der Waals surface area contributed by atoms with Crippen molar-refractivity contribution in [2.24, 2.45) is 0 Å². The predicted molar refractivity (Wildman–Crippen MR) is 85.7 cm³/mol. The van der Waals surface area contributed by atoms with Crippen LogP contribution in [-0.2, 0) is 4.74 Å². The van der Waals surface area contributed by atoms with Gasteiger partial charge in [-0.25, -0.2) is 4.79 Å². The third-order valence-corrected chi connectivity index (χ3v) is 3.68. The molecule has 4 heteroatoms. The number of hydrogen-bond donors (Lipinski definition) is 1. The molecule has 2 rings (SSSR count). The number of carbonyl (C=O) groups excluding carboxylic acids is 1. The predicted octanol–water partition coefficient (Wildman–Crippen LogP) is 3.87. The van der Waals surface area contributed by atoms with Gasteiger partial charge in [-0.15, -0.1) is 0 Å². The number of amides is 1. The molecule has 0 spiro atoms. The topological polar surface area (TPSA) is 41.6 Å². The zero-order chi connectivity index (χ0) is 15.2. The number of hydrogen-bond acceptors (Lipinski definition) is 3. The summed E-state index contributed by atoms with van der Waals surface area (Å²) in [6, 6.07) is 8.47. The van der Waals surface area contributed by atoms with Crippen molar-refractivity contribution in [2.45, 2.75) is 52.2 Å². The van der Waals surface area contributed by atoms with Crippen LogP contribution in [-0.4, -0.2) is 25.3 Å². The Morgan fingerprint density at radius 2 is 2.19 bits per heavy atom. The van der Waals surface area contributed by atoms with E-state index in [1.807, 2.05) is 32.0 Å². The van der Waals surface area contributed by atoms with Gasteiger partial charge in [0.05, 0.1) is 11.8 Å². The van der Waals surface area contributed by atoms with E-state index in [9.17, 15) is 4.79 Å². The Morgan fingerprint density at radius 1 is 1.43 bits per heavy atom. The standard InChI is InChI=1S/C17H26N2O2/c1-4-11-18-15-9-7-12-19(17(20)21-13(2)3)16-10-6-5-8-14(15)16/h5-6,8,10,13,15,18H,4,7,9,11-12H2,1-3H3. The Morgan fingerprint density at radius 3 is 2.90 bits per heavy atom. The summed E-state index contributed by atoms with van der Waals surface area (Å²) in [5.41, 5.74) is 2.18. The van der Waals surface area contributed by atoms with Crippen LogP contribution in [0, 0.1) is 0 Å². The maximum absolute atomic E-state index is 12.3. The summed E-state index contributed by atoms with van der Waals surface area (Å²) in [6.45, 7) is 7.64. The third-order valence-electron chi connectivity index (χ3n) is 3.68. The lowest BCUT2D eigenvalue weighted by molar-refractivity contribution is 0.122. The molecule has 4 nitrogen and oxygen atoms in total. The van der Waals surface area contributed by atoms with E-state index >= 15 is 0 Å². The molecule has 1 aliphatic rings. The fourth-order valence-corrected chi connectivity index (χ4v) is 2.74. The number of ether oxygens (including phenoxy) is 1. The summed E-state index contributed by atoms with van der Waals surface area (Å²) in [5.74, 6) is 0. The summed E-state index contributed by atoms with van der Waals surface area (Å²) in [5, 5.41) is 3.59. The van der Waals surface area contributed by atoms with Crippen LogP contribution in [0.1, 0.15) is 51.6 Å². The first-order valence-electron chi connectivity index (χ1n) is 7.94. The Labute approximate surface area is 127 Å². The molecule has 116 valence electrons. The summed E-state index contributed by atoms with van der Waals surface area (Å²) in [4.78, 5) is 14.1. The lowest BCUT2D eigenvalue weighted by Gasteiger charge is -2.24. The number of benzene rings is 1. The van der Waals surface area contributed by atoms with Gasteiger partial charge in [0.2, 0.25) is 0 Å². The maximum atomic E-state index is 12.3. The van der Waals surface area contributed by atoms with Gasteiger partial charge >= 0.3 is 6.09 Å². The van der Waals surface area contributed by atoms with Gasteiger partial charge in [0.1, 0.15) is 0 Å². The quantitative estimate of drug-likeness (QED) is 0.915. The van der Waals surface area contributed by atoms with E-state index in [0.717, 1.165) is 31.5 Å². The van der Waals surface area contributed by atoms with Crippen molar-refractivity contribution in [3.8, 4) is 0 Å². The van der Waals surface area contributed by atoms with Crippen molar-refractivity contribution >= 4 is 11.8 Å². The Bertz CT molecular complexity index is 474. The maximum Gasteiger partial charge on any atom is 0.414 e. The molecule has 0 radical (unpaired) electrons. The SMILES string of the molecule is CCCNC1CCCN(C(=O)OC(C)C)c2ccccc21. The van der Waals surface area contributed by atoms with Crippen LogP contribution in [0.5, 0.6) is 0 Å². The molecule has 1 aliphatic heterocycles. The molecule has 21 heavy (non-hydrogen) atoms. The molecular weight excluding hydrogens is 264 g/mol. The van der Waals surface area contributed by atoms with Gasteiger partial charge in [0.25, 0.3) is 0 Å². The van der Waals surface area contributed by atoms with Crippen LogP contribution in [0.2, 0.25) is 0 Å². The molecule has 0 aliphatic carbocycles. The Balaban J connectivity index is 2.26. The fraction of sp³-hybridized carbons (Fsp3) is 0.588. The molecule has 0 bridgehead atoms. The molecule has 0 fully saturated rings. The van der Waals surface area contributed by atoms with Gasteiger partial charge in [-0.05, 0) is 51.3 Å². The summed E-state index contributed by atoms with van der Waals surface area (Å²) >= 11 is 0. The largest absolute Gasteiger partial charge is 0.446 e. The molecule has 0 saturated heterocycles. The first-order valence-corrected chi connectivity index (χ1v) is 7.94. The van der Waals surface area contributed by atoms with E-state index in [0.29, 0.717) is 12.6 Å². The van der Waals surface area contributed by atoms with Gasteiger partial charge in [-0.2, -0.15) is 0 Å². The van der Waals surface area contributed by atoms with Gasteiger partial charge < -0.3 is 10.1 Å². The first kappa shape index (κ1) is 15.8. The minimum atomic E-state index is -0.242. The first-order chi connectivity index (χ1) is 10.1. The zero-order valence-electron chi connectivity index (χ0n) is 13.3. The van der Waals surface area contributed by atoms with E-state index in [-0.39, 0.29) is 12.2 Å². The molecule has 1 atom stereocenters. The van der Waals surface area contributed by atoms with E-state index in [1.165, 1.54) is 5.56 Å². The number of fused-ring (bicyclic) bond motifs is 1. The van der Waals surface area contributed by atoms with Gasteiger partial charge in [0, 0.05) is 12.6 Å². The number of nitrogens with zero attached hydrogens (tertiary/aromatic N) is 1. The van der Waals surface area contributed by atoms with Gasteiger partial charge in [-0.1, -0.05) is 25.1 Å². The number of rotatable bonds is 4. The summed E-state index contributed by atoms with van der Waals surface area (Å²) in [7, 11) is 0. The average molecular weight is 290 g/mol. The lowest BCUT2D eigenvalue weighted by Crippen LogP contribution is -2.34. The normalized spacial score (nSPS) is 18.3. The highest BCUT2D eigenvalue weighted by molar-refractivity contribution is 5.89. The summed E-state index contributed by atoms with van der Waals surface area (Å²) < 4.78 is 5.39. The van der Waals surface area contributed by atoms with Gasteiger partial charge in [-0.3, -0.25) is 4.90 Å². The lowest BCUT2D eigenvalue weighted by atomic mass is 10.0. The van der Waals surface area contributed by atoms with Crippen molar-refractivity contribution in [3.05, 3.63) is 29.8 Å². The molecule has 0 saturated carbocycles. The number of anilines is 1. The van der Waals surface area contributed by atoms with E-state index in [2.05, 4.69) is 18.3 Å². The second-order valence-electron chi connectivity index (χ2n) is 5.79. The second kappa shape index (κ2) is 7.46. The Hall–Kier alpha value is -1.55. The molecule has 0 aromatic heterocycles. The van der Waals surface area contributed by atoms with Crippen molar-refractivity contribution in [2.75, 3.05) is 18.0 Å². The van der Waals surface area contributed by atoms with Crippen molar-refractivity contribution in [3.63, 3.8) is 0 Å². The molecule has 1 aromatic rings. The highest BCUT2D eigenvalue weighted by Crippen LogP contribution is 2.33. The molecule has 1 aromatic carbocycles. The monoisotopic (exact) mass is 290 g/mol. The van der Waals surface area contributed by atoms with Crippen molar-refractivity contribution in [1.29, 1.82) is 0 Å². The second-order valence-corrected chi connectivity index (χ2v) is 5.79. The number of nitrogens with one attached hydrogen (secondary N) is 1. The molecule has 1 N–H and O–H groups in total. The van der Waals surface area contributed by atoms with Crippen LogP contribution < -0.4 is 10.2 Å². The van der Waals surface area contributed by atoms with Crippen LogP contribution in [0.25, 0.3) is 0 Å². The number of carbonyl (C=O) groups is 1. The fourth-order valence-electron chi connectivity index (χ4n) is 2.74. The third kappa shape index (κ3) is 3.97. The highest BCUT2D eigenvalue weighted by atomic mass is 16.6. The zero-order valence-corrected chi connectivity index (χ0v) is 13.3. The molecule has 1 unspecified atom stereocenters. The van der Waals surface area contributed by atoms with E-state index < -0.39 is 0 Å². The van der Waals surface area contributed by atoms with Crippen LogP contribution in [0.3, 0.4) is 0 Å². The molecule has 1 amide bonds. The minimum Gasteiger partial charge on any atom is -0.446 e. The minimum absolute atomic E-state index is 0.0954. The average Bonchev–Trinajstić information content (AvgIpc) is 2.64. The van der Waals surface area contributed by atoms with Crippen LogP contribution in [0.4, 0.5) is 10.5 Å². The Kier molecular flexibility index (Phi) is 5.62. The number of para-hydroxylation sites is 1. The molecule has 1 heterocycles. The van der Waals surface area contributed by atoms with E-state index in [4.69, 9.17) is 4.74 Å². The summed E-state index contributed by atoms with van der Waals surface area (Å²) in [6.07, 6.45) is 2.79. The highest BCUT2D eigenvalue weighted by Gasteiger charge is 2.27. The van der Waals surface area contributed by atoms with Crippen molar-refractivity contribution < 1.29 is 9.53 Å². The van der Waals surface area contributed by atoms with E-state index in [1.54, 1.807) is 4.90 Å². The smallest absolute Gasteiger partial charge is 0.414 e. The molecular formula is C17H26N2O2. The van der Waals surface area contributed by atoms with Gasteiger partial charge in [0.15, 0.2) is 0 Å².